The number of nitriles is 1. The number of nitrogens with zero attached hydrogens (tertiary/aromatic N) is 6. The van der Waals surface area contributed by atoms with E-state index < -0.39 is 5.92 Å². The van der Waals surface area contributed by atoms with Gasteiger partial charge in [0.15, 0.2) is 11.7 Å². The lowest BCUT2D eigenvalue weighted by atomic mass is 10.1. The molecule has 7 nitrogen and oxygen atoms in total. The monoisotopic (exact) mass is 420 g/mol. The van der Waals surface area contributed by atoms with Gasteiger partial charge in [-0.1, -0.05) is 42.1 Å². The molecule has 3 aromatic heterocycles. The molecule has 0 bridgehead atoms. The van der Waals surface area contributed by atoms with Crippen LogP contribution in [0.2, 0.25) is 0 Å². The number of aromatic nitrogens is 5. The van der Waals surface area contributed by atoms with E-state index >= 15 is 0 Å². The Balaban J connectivity index is 1.48. The summed E-state index contributed by atoms with van der Waals surface area (Å²) in [6, 6.07) is 13.7. The number of ketones is 1. The van der Waals surface area contributed by atoms with Crippen molar-refractivity contribution in [1.82, 2.24) is 24.6 Å². The molecule has 0 amide bonds. The number of hydrogen-bond acceptors (Lipinski definition) is 8. The van der Waals surface area contributed by atoms with Crippen LogP contribution < -0.4 is 0 Å². The Morgan fingerprint density at radius 3 is 2.79 bits per heavy atom. The van der Waals surface area contributed by atoms with Gasteiger partial charge in [-0.25, -0.2) is 14.5 Å². The van der Waals surface area contributed by atoms with Crippen LogP contribution in [0.5, 0.6) is 0 Å². The van der Waals surface area contributed by atoms with Crippen molar-refractivity contribution in [2.24, 2.45) is 0 Å². The maximum absolute atomic E-state index is 12.7. The first-order chi connectivity index (χ1) is 14.0. The topological polar surface area (TPSA) is 96.8 Å². The van der Waals surface area contributed by atoms with E-state index in [2.05, 4.69) is 26.1 Å². The Bertz CT molecular complexity index is 1220. The van der Waals surface area contributed by atoms with E-state index in [0.29, 0.717) is 15.9 Å². The summed E-state index contributed by atoms with van der Waals surface area (Å²) in [7, 11) is 0. The minimum atomic E-state index is -0.899. The van der Waals surface area contributed by atoms with E-state index in [9.17, 15) is 10.1 Å². The SMILES string of the molecule is Cc1cc(C)n2nc(SCC(=O)C(C#N)c3nc(-c4ccccc4)cs3)nc2n1. The second kappa shape index (κ2) is 8.11. The molecule has 0 saturated heterocycles. The average Bonchev–Trinajstić information content (AvgIpc) is 3.35. The molecule has 0 saturated carbocycles. The summed E-state index contributed by atoms with van der Waals surface area (Å²) in [5.74, 6) is -0.523. The Labute approximate surface area is 175 Å². The molecule has 0 radical (unpaired) electrons. The maximum atomic E-state index is 12.7. The second-order valence-corrected chi connectivity index (χ2v) is 8.23. The highest BCUT2D eigenvalue weighted by Gasteiger charge is 2.24. The van der Waals surface area contributed by atoms with Crippen LogP contribution in [0.1, 0.15) is 22.3 Å². The molecule has 1 atom stereocenters. The van der Waals surface area contributed by atoms with Crippen LogP contribution >= 0.6 is 23.1 Å². The maximum Gasteiger partial charge on any atom is 0.253 e. The van der Waals surface area contributed by atoms with Gasteiger partial charge in [-0.05, 0) is 19.9 Å². The minimum Gasteiger partial charge on any atom is -0.297 e. The van der Waals surface area contributed by atoms with E-state index in [1.807, 2.05) is 55.6 Å². The molecule has 0 spiro atoms. The van der Waals surface area contributed by atoms with Gasteiger partial charge < -0.3 is 0 Å². The largest absolute Gasteiger partial charge is 0.297 e. The van der Waals surface area contributed by atoms with Gasteiger partial charge in [0.05, 0.1) is 17.5 Å². The molecule has 1 aromatic carbocycles. The highest BCUT2D eigenvalue weighted by atomic mass is 32.2. The van der Waals surface area contributed by atoms with Crippen molar-refractivity contribution in [3.8, 4) is 17.3 Å². The summed E-state index contributed by atoms with van der Waals surface area (Å²) in [5.41, 5.74) is 3.51. The number of Topliss-reactive ketones (excluding diaryl/α,β-unsaturated/α-hetero) is 1. The summed E-state index contributed by atoms with van der Waals surface area (Å²) >= 11 is 2.53. The number of carbonyl (C=O) groups excluding carboxylic acids is 1. The normalized spacial score (nSPS) is 12.0. The lowest BCUT2D eigenvalue weighted by molar-refractivity contribution is -0.116. The second-order valence-electron chi connectivity index (χ2n) is 6.40. The molecular formula is C20H16N6OS2. The summed E-state index contributed by atoms with van der Waals surface area (Å²) in [6.45, 7) is 3.82. The fourth-order valence-electron chi connectivity index (χ4n) is 2.85. The molecule has 0 N–H and O–H groups in total. The molecule has 0 aliphatic rings. The Kier molecular flexibility index (Phi) is 5.38. The van der Waals surface area contributed by atoms with Gasteiger partial charge in [0, 0.05) is 22.3 Å². The summed E-state index contributed by atoms with van der Waals surface area (Å²) < 4.78 is 1.65. The summed E-state index contributed by atoms with van der Waals surface area (Å²) in [4.78, 5) is 25.9. The quantitative estimate of drug-likeness (QED) is 0.437. The van der Waals surface area contributed by atoms with E-state index in [1.54, 1.807) is 4.52 Å². The molecule has 144 valence electrons. The Hall–Kier alpha value is -3.09. The van der Waals surface area contributed by atoms with Gasteiger partial charge in [-0.3, -0.25) is 4.79 Å². The fraction of sp³-hybridized carbons (Fsp3) is 0.200. The van der Waals surface area contributed by atoms with Crippen molar-refractivity contribution < 1.29 is 4.79 Å². The third-order valence-corrected chi connectivity index (χ3v) is 6.00. The van der Waals surface area contributed by atoms with Crippen molar-refractivity contribution in [1.29, 1.82) is 5.26 Å². The Morgan fingerprint density at radius 1 is 1.24 bits per heavy atom. The zero-order chi connectivity index (χ0) is 20.4. The zero-order valence-electron chi connectivity index (χ0n) is 15.7. The highest BCUT2D eigenvalue weighted by molar-refractivity contribution is 7.99. The lowest BCUT2D eigenvalue weighted by Gasteiger charge is -2.03. The number of aryl methyl sites for hydroxylation is 2. The molecule has 0 aliphatic carbocycles. The standard InChI is InChI=1S/C20H16N6OS2/c1-12-8-13(2)26-19(22-12)24-20(25-26)29-11-17(27)15(9-21)18-23-16(10-28-18)14-6-4-3-5-7-14/h3-8,10,15H,11H2,1-2H3. The number of hydrogen-bond donors (Lipinski definition) is 0. The number of thiazole rings is 1. The van der Waals surface area contributed by atoms with Gasteiger partial charge in [-0.2, -0.15) is 10.2 Å². The van der Waals surface area contributed by atoms with Gasteiger partial charge in [-0.15, -0.1) is 16.4 Å². The molecule has 9 heteroatoms. The van der Waals surface area contributed by atoms with Crippen LogP contribution in [0.25, 0.3) is 17.0 Å². The van der Waals surface area contributed by atoms with E-state index in [4.69, 9.17) is 0 Å². The van der Waals surface area contributed by atoms with Gasteiger partial charge >= 0.3 is 0 Å². The smallest absolute Gasteiger partial charge is 0.253 e. The van der Waals surface area contributed by atoms with Crippen molar-refractivity contribution in [3.05, 3.63) is 58.2 Å². The Morgan fingerprint density at radius 2 is 2.03 bits per heavy atom. The highest BCUT2D eigenvalue weighted by Crippen LogP contribution is 2.28. The summed E-state index contributed by atoms with van der Waals surface area (Å²) in [5, 5.41) is 16.8. The van der Waals surface area contributed by atoms with Crippen LogP contribution in [-0.4, -0.2) is 36.1 Å². The molecule has 4 rings (SSSR count). The predicted molar refractivity (Wildman–Crippen MR) is 112 cm³/mol. The van der Waals surface area contributed by atoms with Crippen LogP contribution in [0.4, 0.5) is 0 Å². The number of carbonyl (C=O) groups is 1. The molecule has 3 heterocycles. The number of fused-ring (bicyclic) bond motifs is 1. The number of rotatable bonds is 6. The average molecular weight is 421 g/mol. The predicted octanol–water partition coefficient (Wildman–Crippen LogP) is 3.83. The van der Waals surface area contributed by atoms with Crippen molar-refractivity contribution in [3.63, 3.8) is 0 Å². The van der Waals surface area contributed by atoms with Crippen molar-refractivity contribution >= 4 is 34.7 Å². The van der Waals surface area contributed by atoms with Crippen molar-refractivity contribution in [2.45, 2.75) is 24.9 Å². The van der Waals surface area contributed by atoms with Crippen LogP contribution in [0.3, 0.4) is 0 Å². The van der Waals surface area contributed by atoms with E-state index in [0.717, 1.165) is 22.6 Å². The molecule has 4 aromatic rings. The first-order valence-electron chi connectivity index (χ1n) is 8.82. The molecule has 0 aliphatic heterocycles. The van der Waals surface area contributed by atoms with Crippen LogP contribution in [0, 0.1) is 25.2 Å². The number of thioether (sulfide) groups is 1. The van der Waals surface area contributed by atoms with Crippen LogP contribution in [0.15, 0.2) is 46.9 Å². The lowest BCUT2D eigenvalue weighted by Crippen LogP contribution is -2.13. The first kappa shape index (κ1) is 19.2. The third kappa shape index (κ3) is 4.04. The summed E-state index contributed by atoms with van der Waals surface area (Å²) in [6.07, 6.45) is 0. The van der Waals surface area contributed by atoms with Gasteiger partial charge in [0.1, 0.15) is 5.01 Å². The minimum absolute atomic E-state index is 0.0907. The molecule has 29 heavy (non-hydrogen) atoms. The van der Waals surface area contributed by atoms with E-state index in [1.165, 1.54) is 23.1 Å². The van der Waals surface area contributed by atoms with E-state index in [-0.39, 0.29) is 11.5 Å². The molecular weight excluding hydrogens is 404 g/mol. The van der Waals surface area contributed by atoms with Crippen LogP contribution in [-0.2, 0) is 4.79 Å². The fourth-order valence-corrected chi connectivity index (χ4v) is 4.47. The van der Waals surface area contributed by atoms with Crippen molar-refractivity contribution in [2.75, 3.05) is 5.75 Å². The zero-order valence-corrected chi connectivity index (χ0v) is 17.4. The third-order valence-electron chi connectivity index (χ3n) is 4.23. The van der Waals surface area contributed by atoms with Gasteiger partial charge in [0.2, 0.25) is 5.16 Å². The van der Waals surface area contributed by atoms with Gasteiger partial charge in [0.25, 0.3) is 5.78 Å². The number of benzene rings is 1. The first-order valence-corrected chi connectivity index (χ1v) is 10.7. The molecule has 0 fully saturated rings. The molecule has 1 unspecified atom stereocenters.